The Kier molecular flexibility index (Phi) is 8.79. The summed E-state index contributed by atoms with van der Waals surface area (Å²) in [5, 5.41) is 0. The number of benzene rings is 2. The van der Waals surface area contributed by atoms with Gasteiger partial charge in [0.2, 0.25) is 0 Å². The summed E-state index contributed by atoms with van der Waals surface area (Å²) in [6.07, 6.45) is 0.888. The molecule has 5 nitrogen and oxygen atoms in total. The first-order valence-electron chi connectivity index (χ1n) is 11.5. The van der Waals surface area contributed by atoms with Crippen molar-refractivity contribution in [2.24, 2.45) is 0 Å². The number of nitrogens with zero attached hydrogens (tertiary/aromatic N) is 4. The minimum absolute atomic E-state index is 0. The number of carbonyl (C=O) groups is 1. The summed E-state index contributed by atoms with van der Waals surface area (Å²) in [5.41, 5.74) is 3.31. The summed E-state index contributed by atoms with van der Waals surface area (Å²) in [4.78, 5) is 20.7. The lowest BCUT2D eigenvalue weighted by Gasteiger charge is -2.39. The molecule has 0 N–H and O–H groups in total. The lowest BCUT2D eigenvalue weighted by Crippen LogP contribution is -2.49. The molecule has 3 aliphatic rings. The molecule has 2 aliphatic heterocycles. The Morgan fingerprint density at radius 1 is 0.824 bits per heavy atom. The summed E-state index contributed by atoms with van der Waals surface area (Å²) in [6, 6.07) is 12.1. The van der Waals surface area contributed by atoms with Crippen molar-refractivity contribution in [2.45, 2.75) is 18.4 Å². The van der Waals surface area contributed by atoms with E-state index >= 15 is 0 Å². The van der Waals surface area contributed by atoms with Gasteiger partial charge in [-0.1, -0.05) is 18.2 Å². The zero-order valence-corrected chi connectivity index (χ0v) is 21.0. The fourth-order valence-electron chi connectivity index (χ4n) is 5.46. The maximum atomic E-state index is 14.1. The summed E-state index contributed by atoms with van der Waals surface area (Å²) in [6.45, 7) is 7.01. The number of likely N-dealkylation sites (N-methyl/N-ethyl adjacent to an activating group) is 1. The molecule has 34 heavy (non-hydrogen) atoms. The molecule has 0 spiro atoms. The minimum atomic E-state index is -0.235. The standard InChI is InChI=1S/C25H30F2N4O.2ClH/c1-28-8-12-31(25(28)32)15-11-29-9-13-30(14-10-29)24-17-22(18-2-4-19(26)5-3-18)21-7-6-20(27)16-23(21)24;;/h2-7,16,22,24H,8-15,17H2,1H3;2*1H. The largest absolute Gasteiger partial charge is 0.326 e. The van der Waals surface area contributed by atoms with Crippen LogP contribution in [0.25, 0.3) is 0 Å². The second kappa shape index (κ2) is 11.2. The number of hydrogen-bond donors (Lipinski definition) is 0. The molecule has 2 aromatic carbocycles. The van der Waals surface area contributed by atoms with Crippen molar-refractivity contribution < 1.29 is 13.6 Å². The lowest BCUT2D eigenvalue weighted by atomic mass is 9.93. The van der Waals surface area contributed by atoms with E-state index in [-0.39, 0.29) is 54.4 Å². The van der Waals surface area contributed by atoms with Crippen molar-refractivity contribution in [1.29, 1.82) is 0 Å². The van der Waals surface area contributed by atoms with Crippen LogP contribution in [0.4, 0.5) is 13.6 Å². The van der Waals surface area contributed by atoms with Gasteiger partial charge in [0, 0.05) is 71.4 Å². The Labute approximate surface area is 212 Å². The highest BCUT2D eigenvalue weighted by atomic mass is 35.5. The van der Waals surface area contributed by atoms with Gasteiger partial charge in [0.05, 0.1) is 0 Å². The predicted molar refractivity (Wildman–Crippen MR) is 134 cm³/mol. The molecule has 0 radical (unpaired) electrons. The van der Waals surface area contributed by atoms with E-state index in [1.807, 2.05) is 30.1 Å². The number of fused-ring (bicyclic) bond motifs is 1. The molecule has 2 unspecified atom stereocenters. The number of amides is 2. The van der Waals surface area contributed by atoms with E-state index in [1.165, 1.54) is 18.2 Å². The van der Waals surface area contributed by atoms with Crippen LogP contribution >= 0.6 is 24.8 Å². The van der Waals surface area contributed by atoms with Crippen LogP contribution in [0, 0.1) is 11.6 Å². The van der Waals surface area contributed by atoms with Crippen molar-refractivity contribution in [3.05, 3.63) is 70.8 Å². The highest BCUT2D eigenvalue weighted by Gasteiger charge is 2.37. The van der Waals surface area contributed by atoms with Crippen LogP contribution in [-0.2, 0) is 0 Å². The van der Waals surface area contributed by atoms with Gasteiger partial charge in [0.25, 0.3) is 0 Å². The van der Waals surface area contributed by atoms with E-state index in [2.05, 4.69) is 9.80 Å². The SMILES string of the molecule is CN1CCN(CCN2CCN(C3CC(c4ccc(F)cc4)c4ccc(F)cc43)CC2)C1=O.Cl.Cl. The first kappa shape index (κ1) is 26.7. The molecule has 2 aromatic rings. The van der Waals surface area contributed by atoms with Gasteiger partial charge >= 0.3 is 6.03 Å². The number of halogens is 4. The van der Waals surface area contributed by atoms with Gasteiger partial charge in [-0.2, -0.15) is 0 Å². The molecule has 2 heterocycles. The van der Waals surface area contributed by atoms with Crippen molar-refractivity contribution in [1.82, 2.24) is 19.6 Å². The van der Waals surface area contributed by atoms with E-state index in [1.54, 1.807) is 11.0 Å². The molecule has 0 aromatic heterocycles. The molecular weight excluding hydrogens is 481 g/mol. The molecule has 2 fully saturated rings. The zero-order chi connectivity index (χ0) is 22.2. The van der Waals surface area contributed by atoms with E-state index < -0.39 is 0 Å². The number of hydrogen-bond acceptors (Lipinski definition) is 3. The summed E-state index contributed by atoms with van der Waals surface area (Å²) < 4.78 is 27.6. The molecule has 1 aliphatic carbocycles. The second-order valence-electron chi connectivity index (χ2n) is 9.20. The zero-order valence-electron chi connectivity index (χ0n) is 19.3. The van der Waals surface area contributed by atoms with Gasteiger partial charge in [-0.25, -0.2) is 13.6 Å². The molecule has 0 bridgehead atoms. The first-order chi connectivity index (χ1) is 15.5. The van der Waals surface area contributed by atoms with Crippen LogP contribution in [0.15, 0.2) is 42.5 Å². The van der Waals surface area contributed by atoms with Crippen molar-refractivity contribution >= 4 is 30.8 Å². The maximum absolute atomic E-state index is 14.1. The Balaban J connectivity index is 0.00000162. The Bertz CT molecular complexity index is 985. The maximum Gasteiger partial charge on any atom is 0.319 e. The third-order valence-electron chi connectivity index (χ3n) is 7.35. The van der Waals surface area contributed by atoms with Crippen molar-refractivity contribution in [3.63, 3.8) is 0 Å². The van der Waals surface area contributed by atoms with Gasteiger partial charge < -0.3 is 9.80 Å². The van der Waals surface area contributed by atoms with E-state index in [0.717, 1.165) is 75.5 Å². The fraction of sp³-hybridized carbons (Fsp3) is 0.480. The van der Waals surface area contributed by atoms with Crippen molar-refractivity contribution in [3.8, 4) is 0 Å². The van der Waals surface area contributed by atoms with Gasteiger partial charge in [-0.05, 0) is 47.4 Å². The monoisotopic (exact) mass is 512 g/mol. The van der Waals surface area contributed by atoms with Crippen LogP contribution in [0.2, 0.25) is 0 Å². The minimum Gasteiger partial charge on any atom is -0.326 e. The van der Waals surface area contributed by atoms with Crippen LogP contribution in [0.1, 0.15) is 35.1 Å². The molecule has 2 amide bonds. The number of piperazine rings is 1. The second-order valence-corrected chi connectivity index (χ2v) is 9.20. The molecule has 186 valence electrons. The Morgan fingerprint density at radius 2 is 1.50 bits per heavy atom. The third-order valence-corrected chi connectivity index (χ3v) is 7.35. The molecular formula is C25H32Cl2F2N4O. The third kappa shape index (κ3) is 5.33. The van der Waals surface area contributed by atoms with Gasteiger partial charge in [-0.3, -0.25) is 9.80 Å². The van der Waals surface area contributed by atoms with Gasteiger partial charge in [0.1, 0.15) is 11.6 Å². The summed E-state index contributed by atoms with van der Waals surface area (Å²) in [5.74, 6) is -0.277. The van der Waals surface area contributed by atoms with E-state index in [4.69, 9.17) is 0 Å². The van der Waals surface area contributed by atoms with Crippen LogP contribution in [0.3, 0.4) is 0 Å². The average molecular weight is 513 g/mol. The predicted octanol–water partition coefficient (Wildman–Crippen LogP) is 4.37. The summed E-state index contributed by atoms with van der Waals surface area (Å²) >= 11 is 0. The van der Waals surface area contributed by atoms with Crippen LogP contribution in [0.5, 0.6) is 0 Å². The fourth-order valence-corrected chi connectivity index (χ4v) is 5.46. The molecule has 5 rings (SSSR count). The Hall–Kier alpha value is -1.93. The molecule has 2 saturated heterocycles. The molecule has 9 heteroatoms. The van der Waals surface area contributed by atoms with Crippen LogP contribution < -0.4 is 0 Å². The van der Waals surface area contributed by atoms with Gasteiger partial charge in [0.15, 0.2) is 0 Å². The lowest BCUT2D eigenvalue weighted by molar-refractivity contribution is 0.0901. The van der Waals surface area contributed by atoms with E-state index in [0.29, 0.717) is 0 Å². The quantitative estimate of drug-likeness (QED) is 0.595. The number of rotatable bonds is 5. The number of carbonyl (C=O) groups excluding carboxylic acids is 1. The van der Waals surface area contributed by atoms with Crippen LogP contribution in [-0.4, -0.2) is 85.0 Å². The summed E-state index contributed by atoms with van der Waals surface area (Å²) in [7, 11) is 1.85. The van der Waals surface area contributed by atoms with Crippen molar-refractivity contribution in [2.75, 3.05) is 59.4 Å². The first-order valence-corrected chi connectivity index (χ1v) is 11.5. The average Bonchev–Trinajstić information content (AvgIpc) is 3.33. The highest BCUT2D eigenvalue weighted by molar-refractivity contribution is 5.85. The number of urea groups is 1. The normalized spacial score (nSPS) is 23.0. The van der Waals surface area contributed by atoms with E-state index in [9.17, 15) is 13.6 Å². The molecule has 0 saturated carbocycles. The topological polar surface area (TPSA) is 30.0 Å². The highest BCUT2D eigenvalue weighted by Crippen LogP contribution is 2.47. The molecule has 2 atom stereocenters. The smallest absolute Gasteiger partial charge is 0.319 e. The Morgan fingerprint density at radius 3 is 2.15 bits per heavy atom. The van der Waals surface area contributed by atoms with Gasteiger partial charge in [-0.15, -0.1) is 24.8 Å².